The van der Waals surface area contributed by atoms with Crippen LogP contribution in [0.4, 0.5) is 5.82 Å². The highest BCUT2D eigenvalue weighted by molar-refractivity contribution is 5.75. The molecule has 0 radical (unpaired) electrons. The first-order valence-corrected chi connectivity index (χ1v) is 6.69. The van der Waals surface area contributed by atoms with Crippen molar-refractivity contribution in [1.82, 2.24) is 5.16 Å². The summed E-state index contributed by atoms with van der Waals surface area (Å²) in [6.07, 6.45) is 0.845. The summed E-state index contributed by atoms with van der Waals surface area (Å²) >= 11 is 0. The SMILES string of the molecule is CC(Cc1onc(N)c1-c1ccccc1)C(C)(C)C. The quantitative estimate of drug-likeness (QED) is 0.899. The lowest BCUT2D eigenvalue weighted by Crippen LogP contribution is -2.19. The Labute approximate surface area is 114 Å². The van der Waals surface area contributed by atoms with E-state index in [1.165, 1.54) is 0 Å². The fraction of sp³-hybridized carbons (Fsp3) is 0.438. The van der Waals surface area contributed by atoms with E-state index in [1.54, 1.807) is 0 Å². The van der Waals surface area contributed by atoms with Gasteiger partial charge in [0.05, 0.1) is 5.56 Å². The first-order valence-electron chi connectivity index (χ1n) is 6.69. The second kappa shape index (κ2) is 5.08. The molecule has 2 N–H and O–H groups in total. The van der Waals surface area contributed by atoms with Crippen LogP contribution in [-0.4, -0.2) is 5.16 Å². The van der Waals surface area contributed by atoms with Crippen molar-refractivity contribution in [3.63, 3.8) is 0 Å². The molecular formula is C16H22N2O. The predicted octanol–water partition coefficient (Wildman–Crippen LogP) is 4.15. The van der Waals surface area contributed by atoms with Crippen LogP contribution in [-0.2, 0) is 6.42 Å². The Bertz CT molecular complexity index is 538. The van der Waals surface area contributed by atoms with E-state index in [-0.39, 0.29) is 5.41 Å². The Morgan fingerprint density at radius 1 is 1.21 bits per heavy atom. The Morgan fingerprint density at radius 3 is 2.42 bits per heavy atom. The number of hydrogen-bond acceptors (Lipinski definition) is 3. The molecule has 0 bridgehead atoms. The summed E-state index contributed by atoms with van der Waals surface area (Å²) in [7, 11) is 0. The van der Waals surface area contributed by atoms with Gasteiger partial charge in [-0.1, -0.05) is 63.2 Å². The first-order chi connectivity index (χ1) is 8.89. The number of hydrogen-bond donors (Lipinski definition) is 1. The van der Waals surface area contributed by atoms with Gasteiger partial charge >= 0.3 is 0 Å². The zero-order valence-corrected chi connectivity index (χ0v) is 12.1. The molecule has 3 heteroatoms. The minimum absolute atomic E-state index is 0.232. The second-order valence-corrected chi connectivity index (χ2v) is 6.20. The van der Waals surface area contributed by atoms with E-state index in [9.17, 15) is 0 Å². The summed E-state index contributed by atoms with van der Waals surface area (Å²) in [6.45, 7) is 8.94. The maximum atomic E-state index is 5.95. The molecule has 0 aliphatic rings. The molecule has 2 aromatic rings. The van der Waals surface area contributed by atoms with E-state index in [0.717, 1.165) is 23.3 Å². The predicted molar refractivity (Wildman–Crippen MR) is 78.7 cm³/mol. The van der Waals surface area contributed by atoms with Gasteiger partial charge in [-0.3, -0.25) is 0 Å². The topological polar surface area (TPSA) is 52.0 Å². The molecule has 1 atom stereocenters. The van der Waals surface area contributed by atoms with E-state index in [2.05, 4.69) is 32.9 Å². The molecule has 0 fully saturated rings. The second-order valence-electron chi connectivity index (χ2n) is 6.20. The standard InChI is InChI=1S/C16H22N2O/c1-11(16(2,3)4)10-13-14(15(17)18-19-13)12-8-6-5-7-9-12/h5-9,11H,10H2,1-4H3,(H2,17,18). The van der Waals surface area contributed by atoms with Gasteiger partial charge in [0.1, 0.15) is 5.76 Å². The van der Waals surface area contributed by atoms with Crippen LogP contribution in [0.1, 0.15) is 33.5 Å². The Hall–Kier alpha value is -1.77. The molecule has 1 heterocycles. The van der Waals surface area contributed by atoms with Crippen LogP contribution < -0.4 is 5.73 Å². The maximum Gasteiger partial charge on any atom is 0.175 e. The maximum absolute atomic E-state index is 5.95. The summed E-state index contributed by atoms with van der Waals surface area (Å²) in [6, 6.07) is 10.1. The minimum Gasteiger partial charge on any atom is -0.380 e. The van der Waals surface area contributed by atoms with Crippen LogP contribution in [0.5, 0.6) is 0 Å². The van der Waals surface area contributed by atoms with Gasteiger partial charge in [-0.15, -0.1) is 0 Å². The van der Waals surface area contributed by atoms with Gasteiger partial charge in [0.2, 0.25) is 0 Å². The van der Waals surface area contributed by atoms with Gasteiger partial charge < -0.3 is 10.3 Å². The third-order valence-corrected chi connectivity index (χ3v) is 3.82. The van der Waals surface area contributed by atoms with E-state index < -0.39 is 0 Å². The van der Waals surface area contributed by atoms with E-state index in [4.69, 9.17) is 10.3 Å². The van der Waals surface area contributed by atoms with Gasteiger partial charge in [-0.05, 0) is 16.9 Å². The number of anilines is 1. The lowest BCUT2D eigenvalue weighted by Gasteiger charge is -2.26. The lowest BCUT2D eigenvalue weighted by molar-refractivity contribution is 0.240. The summed E-state index contributed by atoms with van der Waals surface area (Å²) in [5, 5.41) is 3.93. The fourth-order valence-electron chi connectivity index (χ4n) is 1.98. The van der Waals surface area contributed by atoms with Crippen molar-refractivity contribution in [1.29, 1.82) is 0 Å². The summed E-state index contributed by atoms with van der Waals surface area (Å²) in [5.74, 6) is 1.84. The average Bonchev–Trinajstić information content (AvgIpc) is 2.70. The van der Waals surface area contributed by atoms with E-state index in [0.29, 0.717) is 11.7 Å². The molecule has 0 saturated heterocycles. The van der Waals surface area contributed by atoms with Crippen LogP contribution in [0.2, 0.25) is 0 Å². The molecule has 1 unspecified atom stereocenters. The molecule has 19 heavy (non-hydrogen) atoms. The molecule has 0 saturated carbocycles. The molecule has 0 spiro atoms. The Kier molecular flexibility index (Phi) is 3.65. The molecule has 0 aliphatic carbocycles. The van der Waals surface area contributed by atoms with Crippen LogP contribution in [0.15, 0.2) is 34.9 Å². The summed E-state index contributed by atoms with van der Waals surface area (Å²) in [4.78, 5) is 0. The van der Waals surface area contributed by atoms with E-state index >= 15 is 0 Å². The number of nitrogens with two attached hydrogens (primary N) is 1. The summed E-state index contributed by atoms with van der Waals surface area (Å²) in [5.41, 5.74) is 8.19. The van der Waals surface area contributed by atoms with Crippen molar-refractivity contribution >= 4 is 5.82 Å². The Morgan fingerprint density at radius 2 is 1.84 bits per heavy atom. The van der Waals surface area contributed by atoms with Crippen molar-refractivity contribution in [2.24, 2.45) is 11.3 Å². The third-order valence-electron chi connectivity index (χ3n) is 3.82. The van der Waals surface area contributed by atoms with E-state index in [1.807, 2.05) is 30.3 Å². The molecule has 3 nitrogen and oxygen atoms in total. The largest absolute Gasteiger partial charge is 0.380 e. The number of nitrogens with zero attached hydrogens (tertiary/aromatic N) is 1. The number of aromatic nitrogens is 1. The zero-order chi connectivity index (χ0) is 14.0. The average molecular weight is 258 g/mol. The van der Waals surface area contributed by atoms with Crippen LogP contribution in [0.25, 0.3) is 11.1 Å². The number of benzene rings is 1. The van der Waals surface area contributed by atoms with Crippen molar-refractivity contribution in [2.75, 3.05) is 5.73 Å². The van der Waals surface area contributed by atoms with Crippen LogP contribution in [0, 0.1) is 11.3 Å². The summed E-state index contributed by atoms with van der Waals surface area (Å²) < 4.78 is 5.44. The Balaban J connectivity index is 2.34. The smallest absolute Gasteiger partial charge is 0.175 e. The molecule has 102 valence electrons. The van der Waals surface area contributed by atoms with Crippen LogP contribution >= 0.6 is 0 Å². The van der Waals surface area contributed by atoms with Gasteiger partial charge in [-0.2, -0.15) is 0 Å². The highest BCUT2D eigenvalue weighted by Gasteiger charge is 2.25. The zero-order valence-electron chi connectivity index (χ0n) is 12.1. The fourth-order valence-corrected chi connectivity index (χ4v) is 1.98. The van der Waals surface area contributed by atoms with Crippen molar-refractivity contribution < 1.29 is 4.52 Å². The number of nitrogen functional groups attached to an aromatic ring is 1. The van der Waals surface area contributed by atoms with Gasteiger partial charge in [0.15, 0.2) is 5.82 Å². The monoisotopic (exact) mass is 258 g/mol. The van der Waals surface area contributed by atoms with Gasteiger partial charge in [0, 0.05) is 6.42 Å². The molecule has 1 aromatic carbocycles. The van der Waals surface area contributed by atoms with Crippen molar-refractivity contribution in [2.45, 2.75) is 34.1 Å². The highest BCUT2D eigenvalue weighted by atomic mass is 16.5. The van der Waals surface area contributed by atoms with Gasteiger partial charge in [-0.25, -0.2) is 0 Å². The molecular weight excluding hydrogens is 236 g/mol. The first kappa shape index (κ1) is 13.7. The van der Waals surface area contributed by atoms with Crippen LogP contribution in [0.3, 0.4) is 0 Å². The normalized spacial score (nSPS) is 13.5. The molecule has 0 amide bonds. The molecule has 1 aromatic heterocycles. The highest BCUT2D eigenvalue weighted by Crippen LogP contribution is 2.35. The number of rotatable bonds is 3. The van der Waals surface area contributed by atoms with Crippen molar-refractivity contribution in [3.8, 4) is 11.1 Å². The molecule has 2 rings (SSSR count). The molecule has 0 aliphatic heterocycles. The minimum atomic E-state index is 0.232. The van der Waals surface area contributed by atoms with Gasteiger partial charge in [0.25, 0.3) is 0 Å². The lowest BCUT2D eigenvalue weighted by atomic mass is 9.79. The third kappa shape index (κ3) is 2.98. The van der Waals surface area contributed by atoms with Crippen molar-refractivity contribution in [3.05, 3.63) is 36.1 Å².